The number of benzene rings is 4. The largest absolute Gasteiger partial charge is 0.339 e. The van der Waals surface area contributed by atoms with Crippen molar-refractivity contribution in [3.05, 3.63) is 149 Å². The minimum Gasteiger partial charge on any atom is -0.339 e. The van der Waals surface area contributed by atoms with Crippen molar-refractivity contribution in [2.24, 2.45) is 0 Å². The first-order chi connectivity index (χ1) is 21.1. The van der Waals surface area contributed by atoms with E-state index in [1.807, 2.05) is 40.1 Å². The molecule has 4 aromatic carbocycles. The topological polar surface area (TPSA) is 52.6 Å². The summed E-state index contributed by atoms with van der Waals surface area (Å²) in [4.78, 5) is 25.0. The molecular formula is C35H34FN5OS. The van der Waals surface area contributed by atoms with Gasteiger partial charge in [-0.25, -0.2) is 9.37 Å². The van der Waals surface area contributed by atoms with Crippen LogP contribution < -0.4 is 4.90 Å². The van der Waals surface area contributed by atoms with Crippen LogP contribution >= 0.6 is 11.5 Å². The van der Waals surface area contributed by atoms with Crippen molar-refractivity contribution in [1.82, 2.24) is 19.2 Å². The van der Waals surface area contributed by atoms with E-state index in [0.717, 1.165) is 24.2 Å². The number of amides is 1. The Labute approximate surface area is 256 Å². The van der Waals surface area contributed by atoms with Crippen molar-refractivity contribution in [3.8, 4) is 0 Å². The number of hydrogen-bond acceptors (Lipinski definition) is 6. The Hall–Kier alpha value is -4.40. The first-order valence-electron chi connectivity index (χ1n) is 14.6. The Morgan fingerprint density at radius 1 is 0.767 bits per heavy atom. The number of nitrogens with zero attached hydrogens (tertiary/aromatic N) is 5. The smallest absolute Gasteiger partial charge is 0.242 e. The molecule has 6 nitrogen and oxygen atoms in total. The lowest BCUT2D eigenvalue weighted by Gasteiger charge is -2.40. The molecule has 1 fully saturated rings. The molecule has 218 valence electrons. The molecule has 2 heterocycles. The second-order valence-corrected chi connectivity index (χ2v) is 11.5. The lowest BCUT2D eigenvalue weighted by atomic mass is 9.96. The van der Waals surface area contributed by atoms with E-state index in [1.165, 1.54) is 34.8 Å². The van der Waals surface area contributed by atoms with E-state index in [2.05, 4.69) is 69.9 Å². The fourth-order valence-electron chi connectivity index (χ4n) is 5.60. The summed E-state index contributed by atoms with van der Waals surface area (Å²) in [5.41, 5.74) is 4.56. The number of aromatic nitrogens is 2. The highest BCUT2D eigenvalue weighted by atomic mass is 32.1. The van der Waals surface area contributed by atoms with Gasteiger partial charge in [0.15, 0.2) is 0 Å². The quantitative estimate of drug-likeness (QED) is 0.193. The van der Waals surface area contributed by atoms with Crippen LogP contribution in [0.3, 0.4) is 0 Å². The maximum absolute atomic E-state index is 13.7. The van der Waals surface area contributed by atoms with E-state index >= 15 is 0 Å². The molecule has 1 aromatic heterocycles. The first-order valence-corrected chi connectivity index (χ1v) is 15.4. The van der Waals surface area contributed by atoms with Crippen LogP contribution in [0.1, 0.15) is 34.1 Å². The molecular weight excluding hydrogens is 557 g/mol. The normalized spacial score (nSPS) is 13.8. The van der Waals surface area contributed by atoms with Crippen LogP contribution in [0.5, 0.6) is 0 Å². The number of halogens is 1. The number of carbonyl (C=O) groups excluding carboxylic acids is 1. The standard InChI is InChI=1S/C35H34FN5OS/c36-31-18-16-27(17-19-31)24-32-37-35(43-38-32)41(25-28-10-4-1-5-11-28)26-33(42)39-20-22-40(23-21-39)34(29-12-6-2-7-13-29)30-14-8-3-9-15-30/h1-19,34H,20-26H2. The molecule has 0 bridgehead atoms. The van der Waals surface area contributed by atoms with E-state index < -0.39 is 0 Å². The van der Waals surface area contributed by atoms with Crippen molar-refractivity contribution in [1.29, 1.82) is 0 Å². The molecule has 43 heavy (non-hydrogen) atoms. The van der Waals surface area contributed by atoms with E-state index in [1.54, 1.807) is 12.1 Å². The maximum atomic E-state index is 13.7. The van der Waals surface area contributed by atoms with Gasteiger partial charge in [-0.15, -0.1) is 0 Å². The average molecular weight is 592 g/mol. The summed E-state index contributed by atoms with van der Waals surface area (Å²) in [5, 5.41) is 0.709. The zero-order valence-corrected chi connectivity index (χ0v) is 24.7. The van der Waals surface area contributed by atoms with Gasteiger partial charge in [0.25, 0.3) is 0 Å². The van der Waals surface area contributed by atoms with E-state index in [9.17, 15) is 9.18 Å². The van der Waals surface area contributed by atoms with Gasteiger partial charge in [-0.05, 0) is 34.4 Å². The summed E-state index contributed by atoms with van der Waals surface area (Å²) < 4.78 is 17.9. The molecule has 6 rings (SSSR count). The molecule has 0 saturated carbocycles. The van der Waals surface area contributed by atoms with Crippen LogP contribution in [-0.2, 0) is 17.8 Å². The number of piperazine rings is 1. The monoisotopic (exact) mass is 591 g/mol. The fraction of sp³-hybridized carbons (Fsp3) is 0.229. The molecule has 0 aliphatic carbocycles. The summed E-state index contributed by atoms with van der Waals surface area (Å²) in [6, 6.07) is 37.8. The average Bonchev–Trinajstić information content (AvgIpc) is 3.52. The van der Waals surface area contributed by atoms with Crippen molar-refractivity contribution in [2.45, 2.75) is 19.0 Å². The summed E-state index contributed by atoms with van der Waals surface area (Å²) in [7, 11) is 0. The van der Waals surface area contributed by atoms with Crippen molar-refractivity contribution in [2.75, 3.05) is 37.6 Å². The van der Waals surface area contributed by atoms with Gasteiger partial charge in [-0.2, -0.15) is 4.37 Å². The van der Waals surface area contributed by atoms with Gasteiger partial charge in [0.1, 0.15) is 11.6 Å². The van der Waals surface area contributed by atoms with Crippen LogP contribution in [0.25, 0.3) is 0 Å². The van der Waals surface area contributed by atoms with Crippen molar-refractivity contribution < 1.29 is 9.18 Å². The highest BCUT2D eigenvalue weighted by Gasteiger charge is 2.29. The van der Waals surface area contributed by atoms with Gasteiger partial charge in [0.05, 0.1) is 12.6 Å². The number of rotatable bonds is 10. The van der Waals surface area contributed by atoms with Crippen LogP contribution in [0.2, 0.25) is 0 Å². The molecule has 5 aromatic rings. The highest BCUT2D eigenvalue weighted by molar-refractivity contribution is 7.09. The molecule has 1 amide bonds. The zero-order valence-electron chi connectivity index (χ0n) is 23.9. The number of hydrogen-bond donors (Lipinski definition) is 0. The summed E-state index contributed by atoms with van der Waals surface area (Å²) in [5.74, 6) is 0.486. The molecule has 0 atom stereocenters. The Bertz CT molecular complexity index is 1550. The minimum atomic E-state index is -0.264. The van der Waals surface area contributed by atoms with Crippen LogP contribution in [-0.4, -0.2) is 57.8 Å². The predicted octanol–water partition coefficient (Wildman–Crippen LogP) is 6.21. The van der Waals surface area contributed by atoms with Gasteiger partial charge >= 0.3 is 0 Å². The lowest BCUT2D eigenvalue weighted by molar-refractivity contribution is -0.131. The Kier molecular flexibility index (Phi) is 9.16. The van der Waals surface area contributed by atoms with Crippen LogP contribution in [0, 0.1) is 5.82 Å². The number of anilines is 1. The minimum absolute atomic E-state index is 0.0850. The van der Waals surface area contributed by atoms with Gasteiger partial charge in [-0.3, -0.25) is 9.69 Å². The third-order valence-corrected chi connectivity index (χ3v) is 8.62. The maximum Gasteiger partial charge on any atom is 0.242 e. The molecule has 0 unspecified atom stereocenters. The fourth-order valence-corrected chi connectivity index (χ4v) is 6.29. The third-order valence-electron chi connectivity index (χ3n) is 7.81. The van der Waals surface area contributed by atoms with Crippen LogP contribution in [0.15, 0.2) is 115 Å². The predicted molar refractivity (Wildman–Crippen MR) is 169 cm³/mol. The van der Waals surface area contributed by atoms with Gasteiger partial charge in [0.2, 0.25) is 11.0 Å². The van der Waals surface area contributed by atoms with E-state index in [-0.39, 0.29) is 24.3 Å². The van der Waals surface area contributed by atoms with E-state index in [4.69, 9.17) is 4.98 Å². The Morgan fingerprint density at radius 2 is 1.35 bits per heavy atom. The summed E-state index contributed by atoms with van der Waals surface area (Å²) in [6.45, 7) is 3.70. The van der Waals surface area contributed by atoms with Gasteiger partial charge in [0, 0.05) is 50.7 Å². The van der Waals surface area contributed by atoms with Crippen molar-refractivity contribution in [3.63, 3.8) is 0 Å². The molecule has 0 spiro atoms. The first kappa shape index (κ1) is 28.7. The molecule has 1 saturated heterocycles. The summed E-state index contributed by atoms with van der Waals surface area (Å²) in [6.07, 6.45) is 0.510. The third kappa shape index (κ3) is 7.34. The second kappa shape index (κ2) is 13.7. The highest BCUT2D eigenvalue weighted by Crippen LogP contribution is 2.30. The number of carbonyl (C=O) groups is 1. The molecule has 1 aliphatic heterocycles. The Balaban J connectivity index is 1.14. The van der Waals surface area contributed by atoms with Crippen LogP contribution in [0.4, 0.5) is 9.52 Å². The van der Waals surface area contributed by atoms with E-state index in [0.29, 0.717) is 37.0 Å². The molecule has 1 aliphatic rings. The second-order valence-electron chi connectivity index (χ2n) is 10.8. The molecule has 0 radical (unpaired) electrons. The SMILES string of the molecule is O=C(CN(Cc1ccccc1)c1nc(Cc2ccc(F)cc2)ns1)N1CCN(C(c2ccccc2)c2ccccc2)CC1. The lowest BCUT2D eigenvalue weighted by Crippen LogP contribution is -2.52. The molecule has 8 heteroatoms. The summed E-state index contributed by atoms with van der Waals surface area (Å²) >= 11 is 1.30. The Morgan fingerprint density at radius 3 is 1.95 bits per heavy atom. The zero-order chi connectivity index (χ0) is 29.4. The molecule has 0 N–H and O–H groups in total. The van der Waals surface area contributed by atoms with Gasteiger partial charge in [-0.1, -0.05) is 103 Å². The van der Waals surface area contributed by atoms with Gasteiger partial charge < -0.3 is 9.80 Å². The van der Waals surface area contributed by atoms with Crippen molar-refractivity contribution >= 4 is 22.6 Å².